The Hall–Kier alpha value is -0.770. The lowest BCUT2D eigenvalue weighted by molar-refractivity contribution is 0.00777. The summed E-state index contributed by atoms with van der Waals surface area (Å²) in [6.07, 6.45) is 3.11. The van der Waals surface area contributed by atoms with Gasteiger partial charge in [-0.25, -0.2) is 4.79 Å². The smallest absolute Gasteiger partial charge is 0.410 e. The molecule has 1 amide bonds. The number of nitrogens with zero attached hydrogens (tertiary/aromatic N) is 1. The van der Waals surface area contributed by atoms with Crippen LogP contribution in [0, 0.1) is 17.8 Å². The van der Waals surface area contributed by atoms with Gasteiger partial charge in [0.15, 0.2) is 0 Å². The summed E-state index contributed by atoms with van der Waals surface area (Å²) < 4.78 is 5.49. The Kier molecular flexibility index (Phi) is 6.31. The maximum Gasteiger partial charge on any atom is 0.410 e. The molecule has 118 valence electrons. The Morgan fingerprint density at radius 1 is 1.35 bits per heavy atom. The first kappa shape index (κ1) is 17.3. The number of piperidine rings is 1. The zero-order chi connectivity index (χ0) is 15.3. The summed E-state index contributed by atoms with van der Waals surface area (Å²) in [7, 11) is 0. The molecule has 0 radical (unpaired) electrons. The summed E-state index contributed by atoms with van der Waals surface area (Å²) in [5.41, 5.74) is 5.31. The van der Waals surface area contributed by atoms with E-state index in [9.17, 15) is 4.79 Å². The number of ether oxygens (including phenoxy) is 1. The molecule has 2 unspecified atom stereocenters. The van der Waals surface area contributed by atoms with E-state index in [4.69, 9.17) is 10.5 Å². The van der Waals surface area contributed by atoms with E-state index in [1.54, 1.807) is 0 Å². The third-order valence-corrected chi connectivity index (χ3v) is 3.85. The highest BCUT2D eigenvalue weighted by atomic mass is 16.6. The molecule has 1 aliphatic heterocycles. The average Bonchev–Trinajstić information content (AvgIpc) is 2.28. The number of rotatable bonds is 4. The van der Waals surface area contributed by atoms with Crippen LogP contribution in [-0.2, 0) is 4.74 Å². The van der Waals surface area contributed by atoms with E-state index in [-0.39, 0.29) is 6.09 Å². The van der Waals surface area contributed by atoms with Gasteiger partial charge in [-0.3, -0.25) is 0 Å². The average molecular weight is 284 g/mol. The van der Waals surface area contributed by atoms with Gasteiger partial charge in [0.1, 0.15) is 5.60 Å². The molecule has 4 nitrogen and oxygen atoms in total. The standard InChI is InChI=1S/C16H32N2O2/c1-12(2)10-14-11-18(9-7-13(14)6-8-17)15(19)20-16(3,4)5/h12-14H,6-11,17H2,1-5H3. The molecule has 0 aromatic heterocycles. The van der Waals surface area contributed by atoms with E-state index in [1.165, 1.54) is 0 Å². The van der Waals surface area contributed by atoms with Crippen LogP contribution in [-0.4, -0.2) is 36.2 Å². The number of carbonyl (C=O) groups is 1. The van der Waals surface area contributed by atoms with Crippen LogP contribution in [0.4, 0.5) is 4.79 Å². The van der Waals surface area contributed by atoms with E-state index in [2.05, 4.69) is 13.8 Å². The van der Waals surface area contributed by atoms with E-state index >= 15 is 0 Å². The molecule has 0 aromatic carbocycles. The Labute approximate surface area is 124 Å². The minimum atomic E-state index is -0.418. The summed E-state index contributed by atoms with van der Waals surface area (Å²) in [6, 6.07) is 0. The lowest BCUT2D eigenvalue weighted by Gasteiger charge is -2.39. The molecule has 4 heteroatoms. The molecular formula is C16H32N2O2. The topological polar surface area (TPSA) is 55.6 Å². The Balaban J connectivity index is 2.63. The second-order valence-corrected chi connectivity index (χ2v) is 7.44. The van der Waals surface area contributed by atoms with Crippen LogP contribution in [0.5, 0.6) is 0 Å². The highest BCUT2D eigenvalue weighted by Crippen LogP contribution is 2.31. The predicted octanol–water partition coefficient (Wildman–Crippen LogP) is 3.25. The summed E-state index contributed by atoms with van der Waals surface area (Å²) >= 11 is 0. The number of carbonyl (C=O) groups excluding carboxylic acids is 1. The first-order valence-electron chi connectivity index (χ1n) is 7.91. The van der Waals surface area contributed by atoms with E-state index in [0.717, 1.165) is 38.9 Å². The highest BCUT2D eigenvalue weighted by Gasteiger charge is 2.33. The maximum absolute atomic E-state index is 12.2. The molecule has 0 aliphatic carbocycles. The van der Waals surface area contributed by atoms with Crippen molar-refractivity contribution in [2.24, 2.45) is 23.5 Å². The molecular weight excluding hydrogens is 252 g/mol. The number of amides is 1. The first-order valence-corrected chi connectivity index (χ1v) is 7.91. The van der Waals surface area contributed by atoms with Gasteiger partial charge in [-0.05, 0) is 64.3 Å². The number of hydrogen-bond acceptors (Lipinski definition) is 3. The van der Waals surface area contributed by atoms with E-state index < -0.39 is 5.60 Å². The first-order chi connectivity index (χ1) is 9.23. The minimum Gasteiger partial charge on any atom is -0.444 e. The molecule has 1 rings (SSSR count). The fourth-order valence-electron chi connectivity index (χ4n) is 3.04. The second-order valence-electron chi connectivity index (χ2n) is 7.44. The fraction of sp³-hybridized carbons (Fsp3) is 0.938. The van der Waals surface area contributed by atoms with Gasteiger partial charge in [0.05, 0.1) is 0 Å². The Bertz CT molecular complexity index is 310. The molecule has 20 heavy (non-hydrogen) atoms. The zero-order valence-corrected chi connectivity index (χ0v) is 13.8. The summed E-state index contributed by atoms with van der Waals surface area (Å²) in [5.74, 6) is 1.86. The van der Waals surface area contributed by atoms with Crippen molar-refractivity contribution in [3.8, 4) is 0 Å². The lowest BCUT2D eigenvalue weighted by atomic mass is 9.79. The molecule has 1 fully saturated rings. The molecule has 0 saturated carbocycles. The van der Waals surface area contributed by atoms with Gasteiger partial charge >= 0.3 is 6.09 Å². The van der Waals surface area contributed by atoms with Gasteiger partial charge < -0.3 is 15.4 Å². The molecule has 1 heterocycles. The van der Waals surface area contributed by atoms with Crippen LogP contribution in [0.15, 0.2) is 0 Å². The van der Waals surface area contributed by atoms with Crippen LogP contribution >= 0.6 is 0 Å². The molecule has 0 spiro atoms. The number of hydrogen-bond donors (Lipinski definition) is 1. The van der Waals surface area contributed by atoms with E-state index in [0.29, 0.717) is 17.8 Å². The van der Waals surface area contributed by atoms with Gasteiger partial charge in [0, 0.05) is 13.1 Å². The van der Waals surface area contributed by atoms with Crippen molar-refractivity contribution in [3.05, 3.63) is 0 Å². The van der Waals surface area contributed by atoms with Crippen LogP contribution < -0.4 is 5.73 Å². The van der Waals surface area contributed by atoms with Crippen LogP contribution in [0.3, 0.4) is 0 Å². The molecule has 2 N–H and O–H groups in total. The van der Waals surface area contributed by atoms with Crippen LogP contribution in [0.2, 0.25) is 0 Å². The lowest BCUT2D eigenvalue weighted by Crippen LogP contribution is -2.46. The third-order valence-electron chi connectivity index (χ3n) is 3.85. The van der Waals surface area contributed by atoms with Crippen LogP contribution in [0.25, 0.3) is 0 Å². The summed E-state index contributed by atoms with van der Waals surface area (Å²) in [4.78, 5) is 14.1. The van der Waals surface area contributed by atoms with Gasteiger partial charge in [-0.15, -0.1) is 0 Å². The molecule has 0 bridgehead atoms. The SMILES string of the molecule is CC(C)CC1CN(C(=O)OC(C)(C)C)CCC1CCN. The van der Waals surface area contributed by atoms with Gasteiger partial charge in [-0.2, -0.15) is 0 Å². The van der Waals surface area contributed by atoms with E-state index in [1.807, 2.05) is 25.7 Å². The van der Waals surface area contributed by atoms with Gasteiger partial charge in [0.2, 0.25) is 0 Å². The Morgan fingerprint density at radius 3 is 2.50 bits per heavy atom. The van der Waals surface area contributed by atoms with Crippen molar-refractivity contribution in [2.45, 2.75) is 59.5 Å². The highest BCUT2D eigenvalue weighted by molar-refractivity contribution is 5.68. The maximum atomic E-state index is 12.2. The molecule has 0 aromatic rings. The monoisotopic (exact) mass is 284 g/mol. The predicted molar refractivity (Wildman–Crippen MR) is 82.5 cm³/mol. The number of nitrogens with two attached hydrogens (primary N) is 1. The zero-order valence-electron chi connectivity index (χ0n) is 13.8. The Morgan fingerprint density at radius 2 is 2.00 bits per heavy atom. The molecule has 1 aliphatic rings. The molecule has 1 saturated heterocycles. The van der Waals surface area contributed by atoms with Crippen molar-refractivity contribution in [1.82, 2.24) is 4.90 Å². The fourth-order valence-corrected chi connectivity index (χ4v) is 3.04. The third kappa shape index (κ3) is 5.70. The van der Waals surface area contributed by atoms with Crippen molar-refractivity contribution in [1.29, 1.82) is 0 Å². The quantitative estimate of drug-likeness (QED) is 0.862. The van der Waals surface area contributed by atoms with Crippen LogP contribution in [0.1, 0.15) is 53.9 Å². The largest absolute Gasteiger partial charge is 0.444 e. The van der Waals surface area contributed by atoms with Crippen molar-refractivity contribution < 1.29 is 9.53 Å². The number of likely N-dealkylation sites (tertiary alicyclic amines) is 1. The van der Waals surface area contributed by atoms with Gasteiger partial charge in [0.25, 0.3) is 0 Å². The van der Waals surface area contributed by atoms with Gasteiger partial charge in [-0.1, -0.05) is 13.8 Å². The summed E-state index contributed by atoms with van der Waals surface area (Å²) in [6.45, 7) is 12.6. The molecule has 2 atom stereocenters. The van der Waals surface area contributed by atoms with Crippen molar-refractivity contribution in [3.63, 3.8) is 0 Å². The summed E-state index contributed by atoms with van der Waals surface area (Å²) in [5, 5.41) is 0. The van der Waals surface area contributed by atoms with Crippen molar-refractivity contribution in [2.75, 3.05) is 19.6 Å². The van der Waals surface area contributed by atoms with Crippen molar-refractivity contribution >= 4 is 6.09 Å². The minimum absolute atomic E-state index is 0.169. The normalized spacial score (nSPS) is 24.1. The second kappa shape index (κ2) is 7.30.